The smallest absolute Gasteiger partial charge is 0.313 e. The molecule has 2 saturated carbocycles. The molecule has 2 aliphatic carbocycles. The highest BCUT2D eigenvalue weighted by molar-refractivity contribution is 5.98. The average Bonchev–Trinajstić information content (AvgIpc) is 3.02. The molecular formula is C19H30O3. The van der Waals surface area contributed by atoms with Gasteiger partial charge in [0, 0.05) is 6.42 Å². The number of cyclic esters (lactones) is 1. The monoisotopic (exact) mass is 306 g/mol. The molecule has 1 unspecified atom stereocenters. The van der Waals surface area contributed by atoms with Gasteiger partial charge in [-0.25, -0.2) is 0 Å². The molecule has 0 radical (unpaired) electrons. The molecule has 3 aliphatic rings. The number of rotatable bonds is 5. The van der Waals surface area contributed by atoms with Gasteiger partial charge >= 0.3 is 5.97 Å². The van der Waals surface area contributed by atoms with Gasteiger partial charge < -0.3 is 4.74 Å². The lowest BCUT2D eigenvalue weighted by atomic mass is 9.75. The largest absolute Gasteiger partial charge is 0.458 e. The number of Topliss-reactive ketones (excluding diaryl/α,β-unsaturated/α-hetero) is 1. The number of esters is 1. The summed E-state index contributed by atoms with van der Waals surface area (Å²) in [6, 6.07) is 0. The van der Waals surface area contributed by atoms with Gasteiger partial charge in [0.05, 0.1) is 0 Å². The summed E-state index contributed by atoms with van der Waals surface area (Å²) in [5.41, 5.74) is -0.447. The van der Waals surface area contributed by atoms with Gasteiger partial charge in [0.2, 0.25) is 0 Å². The maximum atomic E-state index is 12.0. The van der Waals surface area contributed by atoms with Gasteiger partial charge in [-0.05, 0) is 37.5 Å². The van der Waals surface area contributed by atoms with E-state index in [9.17, 15) is 9.59 Å². The SMILES string of the molecule is O=C1CC(=O)OC(CCCC2CCCCC2)(C2CCCC2)C1. The minimum Gasteiger partial charge on any atom is -0.458 e. The second-order valence-electron chi connectivity index (χ2n) is 7.81. The molecule has 3 rings (SSSR count). The molecular weight excluding hydrogens is 276 g/mol. The van der Waals surface area contributed by atoms with Crippen LogP contribution in [0, 0.1) is 11.8 Å². The normalized spacial score (nSPS) is 31.5. The van der Waals surface area contributed by atoms with E-state index in [4.69, 9.17) is 4.74 Å². The predicted octanol–water partition coefficient (Wildman–Crippen LogP) is 4.57. The number of ether oxygens (including phenoxy) is 1. The van der Waals surface area contributed by atoms with Gasteiger partial charge in [0.25, 0.3) is 0 Å². The van der Waals surface area contributed by atoms with E-state index in [2.05, 4.69) is 0 Å². The fourth-order valence-corrected chi connectivity index (χ4v) is 5.05. The van der Waals surface area contributed by atoms with Crippen molar-refractivity contribution in [3.05, 3.63) is 0 Å². The molecule has 0 spiro atoms. The van der Waals surface area contributed by atoms with Crippen LogP contribution in [0.2, 0.25) is 0 Å². The van der Waals surface area contributed by atoms with Crippen molar-refractivity contribution in [2.45, 2.75) is 95.5 Å². The van der Waals surface area contributed by atoms with E-state index in [-0.39, 0.29) is 18.2 Å². The second-order valence-corrected chi connectivity index (χ2v) is 7.81. The third kappa shape index (κ3) is 3.72. The molecule has 0 aromatic heterocycles. The Morgan fingerprint density at radius 1 is 0.955 bits per heavy atom. The highest BCUT2D eigenvalue weighted by Crippen LogP contribution is 2.44. The number of carbonyl (C=O) groups is 2. The zero-order valence-corrected chi connectivity index (χ0v) is 13.8. The molecule has 0 N–H and O–H groups in total. The summed E-state index contributed by atoms with van der Waals surface area (Å²) in [6.07, 6.45) is 15.4. The molecule has 0 aromatic carbocycles. The van der Waals surface area contributed by atoms with E-state index in [1.165, 1.54) is 51.4 Å². The van der Waals surface area contributed by atoms with Gasteiger partial charge in [-0.15, -0.1) is 0 Å². The van der Waals surface area contributed by atoms with Crippen LogP contribution < -0.4 is 0 Å². The van der Waals surface area contributed by atoms with Gasteiger partial charge in [0.1, 0.15) is 17.8 Å². The Bertz CT molecular complexity index is 387. The summed E-state index contributed by atoms with van der Waals surface area (Å²) in [7, 11) is 0. The first-order chi connectivity index (χ1) is 10.7. The summed E-state index contributed by atoms with van der Waals surface area (Å²) >= 11 is 0. The van der Waals surface area contributed by atoms with Crippen molar-refractivity contribution >= 4 is 11.8 Å². The first-order valence-corrected chi connectivity index (χ1v) is 9.41. The van der Waals surface area contributed by atoms with Crippen LogP contribution >= 0.6 is 0 Å². The van der Waals surface area contributed by atoms with Gasteiger partial charge in [-0.2, -0.15) is 0 Å². The summed E-state index contributed by atoms with van der Waals surface area (Å²) in [4.78, 5) is 23.9. The Labute approximate surface area is 134 Å². The summed E-state index contributed by atoms with van der Waals surface area (Å²) in [5, 5.41) is 0. The summed E-state index contributed by atoms with van der Waals surface area (Å²) in [6.45, 7) is 0. The first-order valence-electron chi connectivity index (χ1n) is 9.41. The highest BCUT2D eigenvalue weighted by atomic mass is 16.6. The van der Waals surface area contributed by atoms with Gasteiger partial charge in [-0.3, -0.25) is 9.59 Å². The molecule has 1 atom stereocenters. The lowest BCUT2D eigenvalue weighted by Crippen LogP contribution is -2.47. The maximum Gasteiger partial charge on any atom is 0.313 e. The van der Waals surface area contributed by atoms with Crippen LogP contribution in [0.1, 0.15) is 89.9 Å². The Balaban J connectivity index is 1.60. The van der Waals surface area contributed by atoms with Crippen molar-refractivity contribution in [1.82, 2.24) is 0 Å². The molecule has 0 aromatic rings. The molecule has 0 amide bonds. The minimum atomic E-state index is -0.447. The molecule has 1 heterocycles. The number of hydrogen-bond donors (Lipinski definition) is 0. The van der Waals surface area contributed by atoms with Crippen molar-refractivity contribution < 1.29 is 14.3 Å². The zero-order valence-electron chi connectivity index (χ0n) is 13.8. The first kappa shape index (κ1) is 16.0. The van der Waals surface area contributed by atoms with E-state index in [1.54, 1.807) is 0 Å². The van der Waals surface area contributed by atoms with Crippen LogP contribution in [0.25, 0.3) is 0 Å². The Hall–Kier alpha value is -0.860. The van der Waals surface area contributed by atoms with Crippen molar-refractivity contribution in [2.75, 3.05) is 0 Å². The van der Waals surface area contributed by atoms with E-state index < -0.39 is 5.60 Å². The molecule has 0 bridgehead atoms. The van der Waals surface area contributed by atoms with Crippen LogP contribution in [0.15, 0.2) is 0 Å². The van der Waals surface area contributed by atoms with Crippen molar-refractivity contribution in [3.8, 4) is 0 Å². The topological polar surface area (TPSA) is 43.4 Å². The number of ketones is 1. The zero-order chi connectivity index (χ0) is 15.4. The number of carbonyl (C=O) groups excluding carboxylic acids is 2. The van der Waals surface area contributed by atoms with Crippen LogP contribution in [0.5, 0.6) is 0 Å². The van der Waals surface area contributed by atoms with Gasteiger partial charge in [0.15, 0.2) is 0 Å². The van der Waals surface area contributed by atoms with Crippen LogP contribution in [-0.2, 0) is 14.3 Å². The number of hydrogen-bond acceptors (Lipinski definition) is 3. The summed E-state index contributed by atoms with van der Waals surface area (Å²) in [5.74, 6) is 1.11. The Morgan fingerprint density at radius 3 is 2.32 bits per heavy atom. The van der Waals surface area contributed by atoms with Crippen molar-refractivity contribution in [1.29, 1.82) is 0 Å². The predicted molar refractivity (Wildman–Crippen MR) is 85.4 cm³/mol. The standard InChI is InChI=1S/C19H30O3/c20-17-13-18(21)22-19(14-17,16-10-4-5-11-16)12-6-9-15-7-2-1-3-8-15/h15-16H,1-14H2. The Kier molecular flexibility index (Phi) is 5.20. The fraction of sp³-hybridized carbons (Fsp3) is 0.895. The third-order valence-corrected chi connectivity index (χ3v) is 6.19. The van der Waals surface area contributed by atoms with Crippen LogP contribution in [0.4, 0.5) is 0 Å². The molecule has 3 fully saturated rings. The lowest BCUT2D eigenvalue weighted by molar-refractivity contribution is -0.178. The van der Waals surface area contributed by atoms with Gasteiger partial charge in [-0.1, -0.05) is 51.4 Å². The van der Waals surface area contributed by atoms with Crippen molar-refractivity contribution in [3.63, 3.8) is 0 Å². The van der Waals surface area contributed by atoms with E-state index in [0.29, 0.717) is 12.3 Å². The Morgan fingerprint density at radius 2 is 1.64 bits per heavy atom. The van der Waals surface area contributed by atoms with Crippen LogP contribution in [-0.4, -0.2) is 17.4 Å². The quantitative estimate of drug-likeness (QED) is 0.552. The molecule has 1 aliphatic heterocycles. The lowest BCUT2D eigenvalue weighted by Gasteiger charge is -2.41. The third-order valence-electron chi connectivity index (χ3n) is 6.19. The summed E-state index contributed by atoms with van der Waals surface area (Å²) < 4.78 is 5.86. The molecule has 22 heavy (non-hydrogen) atoms. The van der Waals surface area contributed by atoms with E-state index in [0.717, 1.165) is 31.6 Å². The van der Waals surface area contributed by atoms with E-state index >= 15 is 0 Å². The van der Waals surface area contributed by atoms with Crippen molar-refractivity contribution in [2.24, 2.45) is 11.8 Å². The minimum absolute atomic E-state index is 0.00288. The second kappa shape index (κ2) is 7.14. The molecule has 3 nitrogen and oxygen atoms in total. The maximum absolute atomic E-state index is 12.0. The molecule has 1 saturated heterocycles. The molecule has 3 heteroatoms. The fourth-order valence-electron chi connectivity index (χ4n) is 5.05. The highest BCUT2D eigenvalue weighted by Gasteiger charge is 2.47. The average molecular weight is 306 g/mol. The van der Waals surface area contributed by atoms with E-state index in [1.807, 2.05) is 0 Å². The van der Waals surface area contributed by atoms with Crippen LogP contribution in [0.3, 0.4) is 0 Å². The molecule has 124 valence electrons.